The van der Waals surface area contributed by atoms with Gasteiger partial charge in [0.15, 0.2) is 0 Å². The fraction of sp³-hybridized carbons (Fsp3) is 1.00. The van der Waals surface area contributed by atoms with Gasteiger partial charge < -0.3 is 5.73 Å². The smallest absolute Gasteiger partial charge is 0.0185 e. The fourth-order valence-electron chi connectivity index (χ4n) is 4.60. The molecule has 0 radical (unpaired) electrons. The van der Waals surface area contributed by atoms with Crippen molar-refractivity contribution in [2.45, 2.75) is 57.4 Å². The second kappa shape index (κ2) is 2.31. The maximum Gasteiger partial charge on any atom is 0.0185 e. The van der Waals surface area contributed by atoms with E-state index in [2.05, 4.69) is 6.92 Å². The van der Waals surface area contributed by atoms with Crippen LogP contribution in [0.1, 0.15) is 51.9 Å². The number of hydrogen-bond donors (Lipinski definition) is 1. The van der Waals surface area contributed by atoms with E-state index in [-0.39, 0.29) is 5.54 Å². The zero-order valence-corrected chi connectivity index (χ0v) is 8.68. The minimum Gasteiger partial charge on any atom is -0.325 e. The average Bonchev–Trinajstić information content (AvgIpc) is 2.17. The number of nitrogens with two attached hydrogens (primary N) is 1. The van der Waals surface area contributed by atoms with E-state index in [1.165, 1.54) is 44.9 Å². The Bertz CT molecular complexity index is 235. The maximum absolute atomic E-state index is 6.54. The molecule has 0 amide bonds. The van der Waals surface area contributed by atoms with E-state index in [1.807, 2.05) is 0 Å². The highest BCUT2D eigenvalue weighted by atomic mass is 14.8. The molecule has 0 aliphatic heterocycles. The van der Waals surface area contributed by atoms with Gasteiger partial charge in [-0.15, -0.1) is 0 Å². The molecule has 13 heavy (non-hydrogen) atoms. The van der Waals surface area contributed by atoms with Gasteiger partial charge in [-0.1, -0.05) is 13.3 Å². The molecule has 0 saturated heterocycles. The van der Waals surface area contributed by atoms with Crippen molar-refractivity contribution in [3.8, 4) is 0 Å². The van der Waals surface area contributed by atoms with Crippen LogP contribution in [0.4, 0.5) is 0 Å². The quantitative estimate of drug-likeness (QED) is 0.608. The third kappa shape index (κ3) is 1.09. The molecule has 1 nitrogen and oxygen atoms in total. The summed E-state index contributed by atoms with van der Waals surface area (Å²) in [5.74, 6) is 1.85. The summed E-state index contributed by atoms with van der Waals surface area (Å²) in [7, 11) is 0. The van der Waals surface area contributed by atoms with Crippen LogP contribution in [0.25, 0.3) is 0 Å². The molecule has 0 aromatic heterocycles. The van der Waals surface area contributed by atoms with Gasteiger partial charge >= 0.3 is 0 Å². The van der Waals surface area contributed by atoms with Gasteiger partial charge in [-0.3, -0.25) is 0 Å². The highest BCUT2D eigenvalue weighted by Gasteiger charge is 2.53. The minimum absolute atomic E-state index is 0.263. The Kier molecular flexibility index (Phi) is 1.47. The number of fused-ring (bicyclic) bond motifs is 2. The Morgan fingerprint density at radius 2 is 2.00 bits per heavy atom. The molecule has 3 aliphatic rings. The van der Waals surface area contributed by atoms with E-state index in [9.17, 15) is 0 Å². The third-order valence-corrected chi connectivity index (χ3v) is 5.04. The molecule has 3 rings (SSSR count). The lowest BCUT2D eigenvalue weighted by molar-refractivity contribution is 0.143. The fourth-order valence-corrected chi connectivity index (χ4v) is 4.60. The van der Waals surface area contributed by atoms with Gasteiger partial charge in [-0.2, -0.15) is 0 Å². The second-order valence-corrected chi connectivity index (χ2v) is 6.31. The lowest BCUT2D eigenvalue weighted by atomic mass is 9.69. The zero-order valence-electron chi connectivity index (χ0n) is 8.68. The average molecular weight is 179 g/mol. The first kappa shape index (κ1) is 8.28. The predicted octanol–water partition coefficient (Wildman–Crippen LogP) is 2.69. The van der Waals surface area contributed by atoms with Crippen LogP contribution in [0.2, 0.25) is 0 Å². The number of rotatable bonds is 0. The van der Waals surface area contributed by atoms with Crippen LogP contribution >= 0.6 is 0 Å². The molecule has 4 atom stereocenters. The predicted molar refractivity (Wildman–Crippen MR) is 54.3 cm³/mol. The van der Waals surface area contributed by atoms with Crippen LogP contribution in [0.3, 0.4) is 0 Å². The summed E-state index contributed by atoms with van der Waals surface area (Å²) in [6, 6.07) is 0. The summed E-state index contributed by atoms with van der Waals surface area (Å²) in [5.41, 5.74) is 7.47. The van der Waals surface area contributed by atoms with Crippen molar-refractivity contribution < 1.29 is 0 Å². The number of hydrogen-bond acceptors (Lipinski definition) is 1. The molecule has 74 valence electrons. The zero-order chi connectivity index (χ0) is 9.10. The SMILES string of the molecule is C[C@@]12CCC[C@@]3(N)CC(CC3C1)C2. The topological polar surface area (TPSA) is 26.0 Å². The molecular weight excluding hydrogens is 158 g/mol. The van der Waals surface area contributed by atoms with E-state index < -0.39 is 0 Å². The lowest BCUT2D eigenvalue weighted by Gasteiger charge is -2.37. The lowest BCUT2D eigenvalue weighted by Crippen LogP contribution is -2.42. The van der Waals surface area contributed by atoms with E-state index in [0.717, 1.165) is 11.8 Å². The van der Waals surface area contributed by atoms with Gasteiger partial charge in [0.05, 0.1) is 0 Å². The normalized spacial score (nSPS) is 59.5. The molecule has 0 heterocycles. The molecule has 3 saturated carbocycles. The highest BCUT2D eigenvalue weighted by Crippen LogP contribution is 2.59. The van der Waals surface area contributed by atoms with Crippen LogP contribution < -0.4 is 5.73 Å². The van der Waals surface area contributed by atoms with Crippen molar-refractivity contribution in [2.24, 2.45) is 23.0 Å². The molecular formula is C12H21N. The van der Waals surface area contributed by atoms with Gasteiger partial charge in [0.25, 0.3) is 0 Å². The van der Waals surface area contributed by atoms with Crippen molar-refractivity contribution >= 4 is 0 Å². The van der Waals surface area contributed by atoms with Crippen LogP contribution in [-0.4, -0.2) is 5.54 Å². The minimum atomic E-state index is 0.263. The summed E-state index contributed by atoms with van der Waals surface area (Å²) >= 11 is 0. The van der Waals surface area contributed by atoms with E-state index in [1.54, 1.807) is 0 Å². The Morgan fingerprint density at radius 1 is 1.15 bits per heavy atom. The Labute approximate surface area is 81.1 Å². The molecule has 1 heteroatoms. The molecule has 3 fully saturated rings. The first-order chi connectivity index (χ1) is 6.10. The highest BCUT2D eigenvalue weighted by molar-refractivity contribution is 5.08. The van der Waals surface area contributed by atoms with Crippen LogP contribution in [0.5, 0.6) is 0 Å². The Morgan fingerprint density at radius 3 is 2.85 bits per heavy atom. The van der Waals surface area contributed by atoms with Crippen LogP contribution in [0, 0.1) is 17.3 Å². The summed E-state index contributed by atoms with van der Waals surface area (Å²) in [6.07, 6.45) is 9.83. The first-order valence-electron chi connectivity index (χ1n) is 5.89. The molecule has 2 N–H and O–H groups in total. The van der Waals surface area contributed by atoms with Gasteiger partial charge in [0.2, 0.25) is 0 Å². The van der Waals surface area contributed by atoms with E-state index in [4.69, 9.17) is 5.73 Å². The standard InChI is InChI=1S/C12H21N/c1-11-3-2-4-12(13)7-9(6-11)5-10(12)8-11/h9-10H,2-8,13H2,1H3/t9?,10?,11-,12+/m0/s1. The van der Waals surface area contributed by atoms with E-state index in [0.29, 0.717) is 5.41 Å². The van der Waals surface area contributed by atoms with Gasteiger partial charge in [-0.05, 0) is 55.8 Å². The van der Waals surface area contributed by atoms with Crippen LogP contribution in [-0.2, 0) is 0 Å². The van der Waals surface area contributed by atoms with Crippen LogP contribution in [0.15, 0.2) is 0 Å². The van der Waals surface area contributed by atoms with Gasteiger partial charge in [-0.25, -0.2) is 0 Å². The van der Waals surface area contributed by atoms with Crippen molar-refractivity contribution in [1.29, 1.82) is 0 Å². The van der Waals surface area contributed by atoms with Crippen molar-refractivity contribution in [1.82, 2.24) is 0 Å². The van der Waals surface area contributed by atoms with Gasteiger partial charge in [0.1, 0.15) is 0 Å². The third-order valence-electron chi connectivity index (χ3n) is 5.04. The molecule has 0 aromatic carbocycles. The second-order valence-electron chi connectivity index (χ2n) is 6.31. The molecule has 3 aliphatic carbocycles. The molecule has 0 aromatic rings. The van der Waals surface area contributed by atoms with Crippen molar-refractivity contribution in [2.75, 3.05) is 0 Å². The largest absolute Gasteiger partial charge is 0.325 e. The monoisotopic (exact) mass is 179 g/mol. The first-order valence-corrected chi connectivity index (χ1v) is 5.89. The summed E-state index contributed by atoms with van der Waals surface area (Å²) in [6.45, 7) is 2.50. The summed E-state index contributed by atoms with van der Waals surface area (Å²) in [4.78, 5) is 0. The van der Waals surface area contributed by atoms with E-state index >= 15 is 0 Å². The van der Waals surface area contributed by atoms with Crippen molar-refractivity contribution in [3.63, 3.8) is 0 Å². The summed E-state index contributed by atoms with van der Waals surface area (Å²) < 4.78 is 0. The van der Waals surface area contributed by atoms with Crippen molar-refractivity contribution in [3.05, 3.63) is 0 Å². The van der Waals surface area contributed by atoms with Gasteiger partial charge in [0, 0.05) is 5.54 Å². The molecule has 2 unspecified atom stereocenters. The Hall–Kier alpha value is -0.0400. The summed E-state index contributed by atoms with van der Waals surface area (Å²) in [5, 5.41) is 0. The molecule has 3 bridgehead atoms. The maximum atomic E-state index is 6.54. The molecule has 0 spiro atoms. The Balaban J connectivity index is 1.99.